The van der Waals surface area contributed by atoms with E-state index in [1.165, 1.54) is 19.4 Å². The lowest BCUT2D eigenvalue weighted by atomic mass is 9.90. The van der Waals surface area contributed by atoms with Gasteiger partial charge in [-0.05, 0) is 68.4 Å². The molecule has 2 aromatic carbocycles. The van der Waals surface area contributed by atoms with Crippen LogP contribution in [0.5, 0.6) is 5.75 Å². The molecule has 2 saturated heterocycles. The number of likely N-dealkylation sites (tertiary alicyclic amines) is 1. The van der Waals surface area contributed by atoms with E-state index in [4.69, 9.17) is 26.1 Å². The number of anilines is 2. The average molecular weight is 883 g/mol. The van der Waals surface area contributed by atoms with Gasteiger partial charge in [0.2, 0.25) is 11.8 Å². The number of nitrogens with zero attached hydrogens (tertiary/aromatic N) is 3. The lowest BCUT2D eigenvalue weighted by Crippen LogP contribution is -2.54. The van der Waals surface area contributed by atoms with Gasteiger partial charge in [0, 0.05) is 55.1 Å². The predicted molar refractivity (Wildman–Crippen MR) is 225 cm³/mol. The molecule has 0 aliphatic carbocycles. The Labute approximate surface area is 361 Å². The maximum Gasteiger partial charge on any atom is 0.573 e. The monoisotopic (exact) mass is 882 g/mol. The summed E-state index contributed by atoms with van der Waals surface area (Å²) in [6, 6.07) is 10.5. The van der Waals surface area contributed by atoms with Gasteiger partial charge < -0.3 is 45.4 Å². The van der Waals surface area contributed by atoms with Gasteiger partial charge in [-0.25, -0.2) is 14.8 Å². The molecule has 2 aliphatic rings. The summed E-state index contributed by atoms with van der Waals surface area (Å²) in [4.78, 5) is 65.9. The van der Waals surface area contributed by atoms with Crippen LogP contribution in [0, 0.1) is 11.3 Å². The van der Waals surface area contributed by atoms with Gasteiger partial charge in [-0.15, -0.1) is 13.2 Å². The van der Waals surface area contributed by atoms with E-state index in [-0.39, 0.29) is 45.6 Å². The summed E-state index contributed by atoms with van der Waals surface area (Å²) >= 11 is 6.53. The van der Waals surface area contributed by atoms with Crippen LogP contribution in [0.2, 0.25) is 5.02 Å². The van der Waals surface area contributed by atoms with E-state index in [1.807, 2.05) is 27.7 Å². The number of methoxy groups -OCH3 is 1. The first-order chi connectivity index (χ1) is 29.4. The van der Waals surface area contributed by atoms with Crippen molar-refractivity contribution in [1.82, 2.24) is 30.5 Å². The topological polar surface area (TPSA) is 189 Å². The van der Waals surface area contributed by atoms with Gasteiger partial charge in [0.25, 0.3) is 5.91 Å². The van der Waals surface area contributed by atoms with E-state index in [1.54, 1.807) is 47.5 Å². The van der Waals surface area contributed by atoms with Crippen LogP contribution in [0.3, 0.4) is 0 Å². The van der Waals surface area contributed by atoms with Gasteiger partial charge in [0.05, 0.1) is 41.3 Å². The number of rotatable bonds is 13. The van der Waals surface area contributed by atoms with Gasteiger partial charge >= 0.3 is 12.5 Å². The van der Waals surface area contributed by atoms with E-state index in [0.717, 1.165) is 12.5 Å². The van der Waals surface area contributed by atoms with Gasteiger partial charge in [-0.2, -0.15) is 0 Å². The highest BCUT2D eigenvalue weighted by Gasteiger charge is 2.43. The number of ether oxygens (including phenoxy) is 3. The molecule has 2 aliphatic heterocycles. The molecule has 0 spiro atoms. The van der Waals surface area contributed by atoms with Crippen molar-refractivity contribution < 1.29 is 46.6 Å². The summed E-state index contributed by atoms with van der Waals surface area (Å²) in [5, 5.41) is 11.1. The number of hydrogen-bond acceptors (Lipinski definition) is 10. The number of carbonyl (C=O) groups excluding carboxylic acids is 4. The summed E-state index contributed by atoms with van der Waals surface area (Å²) in [5.74, 6) is -0.853. The number of imidazole rings is 1. The van der Waals surface area contributed by atoms with Crippen molar-refractivity contribution in [3.05, 3.63) is 77.3 Å². The molecule has 4 heterocycles. The quantitative estimate of drug-likeness (QED) is 0.0832. The van der Waals surface area contributed by atoms with Crippen molar-refractivity contribution >= 4 is 46.9 Å². The highest BCUT2D eigenvalue weighted by molar-refractivity contribution is 6.35. The Balaban J connectivity index is 1.15. The summed E-state index contributed by atoms with van der Waals surface area (Å²) in [7, 11) is 1.25. The number of amides is 4. The number of benzene rings is 2. The molecule has 0 unspecified atom stereocenters. The van der Waals surface area contributed by atoms with E-state index in [0.29, 0.717) is 74.0 Å². The third kappa shape index (κ3) is 11.3. The molecule has 19 heteroatoms. The molecule has 0 radical (unpaired) electrons. The molecular formula is C43H50ClF3N8O7. The van der Waals surface area contributed by atoms with Crippen molar-refractivity contribution in [2.75, 3.05) is 44.0 Å². The average Bonchev–Trinajstić information content (AvgIpc) is 3.88. The van der Waals surface area contributed by atoms with Gasteiger partial charge in [0.1, 0.15) is 23.4 Å². The first-order valence-corrected chi connectivity index (χ1v) is 20.6. The highest BCUT2D eigenvalue weighted by Crippen LogP contribution is 2.40. The molecule has 0 bridgehead atoms. The summed E-state index contributed by atoms with van der Waals surface area (Å²) < 4.78 is 55.9. The number of carbonyl (C=O) groups is 4. The minimum absolute atomic E-state index is 0.0114. The van der Waals surface area contributed by atoms with Crippen LogP contribution in [-0.4, -0.2) is 95.5 Å². The molecule has 332 valence electrons. The highest BCUT2D eigenvalue weighted by atomic mass is 35.5. The second-order valence-corrected chi connectivity index (χ2v) is 16.6. The lowest BCUT2D eigenvalue weighted by Gasteiger charge is -2.36. The maximum absolute atomic E-state index is 14.1. The molecular weight excluding hydrogens is 833 g/mol. The number of hydrogen-bond donors (Lipinski definition) is 5. The van der Waals surface area contributed by atoms with Crippen molar-refractivity contribution in [2.45, 2.75) is 77.9 Å². The molecule has 0 saturated carbocycles. The van der Waals surface area contributed by atoms with Crippen LogP contribution >= 0.6 is 11.6 Å². The van der Waals surface area contributed by atoms with E-state index in [2.05, 4.69) is 36.0 Å². The fourth-order valence-corrected chi connectivity index (χ4v) is 7.69. The van der Waals surface area contributed by atoms with Crippen molar-refractivity contribution in [1.29, 1.82) is 0 Å². The zero-order chi connectivity index (χ0) is 44.8. The van der Waals surface area contributed by atoms with Crippen LogP contribution < -0.4 is 26.0 Å². The number of alkyl carbamates (subject to hydrolysis) is 1. The number of pyridine rings is 1. The smallest absolute Gasteiger partial charge is 0.453 e. The number of alkyl halides is 3. The van der Waals surface area contributed by atoms with Crippen molar-refractivity contribution in [3.63, 3.8) is 0 Å². The minimum atomic E-state index is -5.09. The number of aromatic nitrogens is 3. The van der Waals surface area contributed by atoms with E-state index >= 15 is 0 Å². The maximum atomic E-state index is 14.1. The fourth-order valence-electron chi connectivity index (χ4n) is 7.44. The van der Waals surface area contributed by atoms with Gasteiger partial charge in [-0.1, -0.05) is 56.6 Å². The number of nitrogens with one attached hydrogen (secondary N) is 5. The number of H-pyrrole nitrogens is 1. The molecule has 4 aromatic rings. The van der Waals surface area contributed by atoms with Crippen LogP contribution in [0.25, 0.3) is 22.4 Å². The molecule has 2 aromatic heterocycles. The first kappa shape index (κ1) is 45.6. The predicted octanol–water partition coefficient (Wildman–Crippen LogP) is 7.72. The van der Waals surface area contributed by atoms with Crippen LogP contribution in [0.4, 0.5) is 29.5 Å². The second-order valence-electron chi connectivity index (χ2n) is 16.2. The van der Waals surface area contributed by atoms with Crippen LogP contribution in [-0.2, 0) is 19.1 Å². The van der Waals surface area contributed by atoms with E-state index in [9.17, 15) is 32.3 Å². The zero-order valence-corrected chi connectivity index (χ0v) is 35.7. The van der Waals surface area contributed by atoms with E-state index < -0.39 is 41.6 Å². The molecule has 6 rings (SSSR count). The Bertz CT molecular complexity index is 2230. The Kier molecular flexibility index (Phi) is 14.3. The Hall–Kier alpha value is -5.88. The summed E-state index contributed by atoms with van der Waals surface area (Å²) in [5.41, 5.74) is 0.954. The molecule has 3 atom stereocenters. The summed E-state index contributed by atoms with van der Waals surface area (Å²) in [6.07, 6.45) is -0.145. The normalized spacial score (nSPS) is 17.5. The molecule has 15 nitrogen and oxygen atoms in total. The Morgan fingerprint density at radius 3 is 2.34 bits per heavy atom. The number of aromatic amines is 1. The minimum Gasteiger partial charge on any atom is -0.453 e. The Morgan fingerprint density at radius 1 is 0.984 bits per heavy atom. The molecule has 5 N–H and O–H groups in total. The molecule has 62 heavy (non-hydrogen) atoms. The molecule has 4 amide bonds. The Morgan fingerprint density at radius 2 is 1.69 bits per heavy atom. The fraction of sp³-hybridized carbons (Fsp3) is 0.442. The van der Waals surface area contributed by atoms with Crippen LogP contribution in [0.15, 0.2) is 60.9 Å². The van der Waals surface area contributed by atoms with Crippen molar-refractivity contribution in [2.24, 2.45) is 11.3 Å². The van der Waals surface area contributed by atoms with Gasteiger partial charge in [-0.3, -0.25) is 14.4 Å². The third-order valence-corrected chi connectivity index (χ3v) is 11.1. The number of halogens is 4. The summed E-state index contributed by atoms with van der Waals surface area (Å²) in [6.45, 7) is 9.13. The third-order valence-electron chi connectivity index (χ3n) is 10.7. The SMILES string of the molecule is COC(=O)N[C@H](C(=O)N1[C@@H](C)CC[C@H]1c1nc(-c2ccc(-c3cc(Cl)c(C(=O)Nc4ccc(NCCNC(=O)C(C)(C)C)nc4)cc3OC(F)(F)F)cc2)c[nH]1)C1CCOCC1. The lowest BCUT2D eigenvalue weighted by molar-refractivity contribution is -0.274. The molecule has 2 fully saturated rings. The zero-order valence-electron chi connectivity index (χ0n) is 35.0. The largest absolute Gasteiger partial charge is 0.573 e. The standard InChI is InChI=1S/C43H50ClF3N8O7/c1-24-6-12-33(55(24)39(57)36(54-41(59)60-5)27-14-18-61-19-15-27)37-51-23-32(53-37)26-9-7-25(8-10-26)29-20-31(44)30(21-34(29)62-43(45,46)47)38(56)52-28-11-13-35(50-22-28)48-16-17-49-40(58)42(2,3)4/h7-11,13,20-24,27,33,36H,6,12,14-19H2,1-5H3,(H,48,50)(H,49,58)(H,51,53)(H,52,56)(H,54,59)/t24-,33-,36-/m0/s1. The second kappa shape index (κ2) is 19.4. The first-order valence-electron chi connectivity index (χ1n) is 20.2. The van der Waals surface area contributed by atoms with Crippen molar-refractivity contribution in [3.8, 4) is 28.1 Å². The van der Waals surface area contributed by atoms with Crippen LogP contribution in [0.1, 0.15) is 75.6 Å². The van der Waals surface area contributed by atoms with Gasteiger partial charge in [0.15, 0.2) is 0 Å².